The first-order valence-corrected chi connectivity index (χ1v) is 11.0. The van der Waals surface area contributed by atoms with Crippen molar-refractivity contribution < 1.29 is 19.1 Å². The van der Waals surface area contributed by atoms with E-state index in [1.165, 1.54) is 0 Å². The smallest absolute Gasteiger partial charge is 0.408 e. The highest BCUT2D eigenvalue weighted by Crippen LogP contribution is 2.22. The lowest BCUT2D eigenvalue weighted by molar-refractivity contribution is -0.138. The molecule has 0 radical (unpaired) electrons. The fourth-order valence-corrected chi connectivity index (χ4v) is 3.05. The van der Waals surface area contributed by atoms with Gasteiger partial charge in [0, 0.05) is 18.3 Å². The molecule has 1 rings (SSSR count). The SMILES string of the molecule is C#CN(C(=O)C(CS)NC(=O)OC(C)(C)C)C(C(=O)NCCCCC)c1ccccc1. The number of terminal acetylenes is 1. The third-order valence-corrected chi connectivity index (χ3v) is 4.61. The zero-order valence-electron chi connectivity index (χ0n) is 18.7. The lowest BCUT2D eigenvalue weighted by Gasteiger charge is -2.30. The number of alkyl carbamates (subject to hydrolysis) is 1. The van der Waals surface area contributed by atoms with Crippen LogP contribution in [0.4, 0.5) is 4.79 Å². The number of rotatable bonds is 10. The molecular weight excluding hydrogens is 414 g/mol. The normalized spacial score (nSPS) is 12.8. The fourth-order valence-electron chi connectivity index (χ4n) is 2.80. The highest BCUT2D eigenvalue weighted by molar-refractivity contribution is 7.80. The predicted octanol–water partition coefficient (Wildman–Crippen LogP) is 3.28. The molecule has 8 heteroatoms. The van der Waals surface area contributed by atoms with Crippen molar-refractivity contribution >= 4 is 30.5 Å². The van der Waals surface area contributed by atoms with Gasteiger partial charge in [-0.05, 0) is 32.8 Å². The Bertz CT molecular complexity index is 771. The molecule has 3 amide bonds. The maximum Gasteiger partial charge on any atom is 0.408 e. The molecule has 2 unspecified atom stereocenters. The zero-order valence-corrected chi connectivity index (χ0v) is 19.6. The predicted molar refractivity (Wildman–Crippen MR) is 124 cm³/mol. The van der Waals surface area contributed by atoms with Crippen LogP contribution in [0, 0.1) is 12.5 Å². The van der Waals surface area contributed by atoms with Crippen LogP contribution < -0.4 is 10.6 Å². The fraction of sp³-hybridized carbons (Fsp3) is 0.522. The van der Waals surface area contributed by atoms with Gasteiger partial charge in [0.2, 0.25) is 5.91 Å². The monoisotopic (exact) mass is 447 g/mol. The number of hydrogen-bond donors (Lipinski definition) is 3. The minimum Gasteiger partial charge on any atom is -0.444 e. The molecule has 0 aromatic heterocycles. The standard InChI is InChI=1S/C23H33N3O4S/c1-6-8-12-15-24-20(27)19(17-13-10-9-11-14-17)26(7-2)21(28)18(16-31)25-22(29)30-23(3,4)5/h2,9-11,13-14,18-19,31H,6,8,12,15-16H2,1,3-5H3,(H,24,27)(H,25,29). The number of unbranched alkanes of at least 4 members (excludes halogenated alkanes) is 2. The number of nitrogens with zero attached hydrogens (tertiary/aromatic N) is 1. The van der Waals surface area contributed by atoms with E-state index in [1.807, 2.05) is 6.07 Å². The van der Waals surface area contributed by atoms with E-state index in [1.54, 1.807) is 45.0 Å². The van der Waals surface area contributed by atoms with Gasteiger partial charge in [0.15, 0.2) is 0 Å². The van der Waals surface area contributed by atoms with E-state index in [0.29, 0.717) is 12.1 Å². The third-order valence-electron chi connectivity index (χ3n) is 4.25. The molecule has 0 fully saturated rings. The summed E-state index contributed by atoms with van der Waals surface area (Å²) in [5.74, 6) is -1.03. The van der Waals surface area contributed by atoms with Gasteiger partial charge in [-0.15, -0.1) is 0 Å². The quantitative estimate of drug-likeness (QED) is 0.222. The molecule has 31 heavy (non-hydrogen) atoms. The summed E-state index contributed by atoms with van der Waals surface area (Å²) in [6.45, 7) is 7.70. The molecule has 170 valence electrons. The van der Waals surface area contributed by atoms with Gasteiger partial charge in [-0.1, -0.05) is 56.5 Å². The van der Waals surface area contributed by atoms with E-state index in [9.17, 15) is 14.4 Å². The summed E-state index contributed by atoms with van der Waals surface area (Å²) in [6.07, 6.45) is 7.72. The summed E-state index contributed by atoms with van der Waals surface area (Å²) in [5.41, 5.74) is -0.164. The summed E-state index contributed by atoms with van der Waals surface area (Å²) in [6, 6.07) is 9.01. The summed E-state index contributed by atoms with van der Waals surface area (Å²) in [7, 11) is 0. The molecule has 0 aliphatic carbocycles. The minimum atomic E-state index is -1.06. The second-order valence-corrected chi connectivity index (χ2v) is 8.40. The average Bonchev–Trinajstić information content (AvgIpc) is 2.72. The lowest BCUT2D eigenvalue weighted by Crippen LogP contribution is -2.52. The van der Waals surface area contributed by atoms with Crippen molar-refractivity contribution in [1.82, 2.24) is 15.5 Å². The summed E-state index contributed by atoms with van der Waals surface area (Å²) >= 11 is 4.17. The Morgan fingerprint density at radius 1 is 1.19 bits per heavy atom. The summed E-state index contributed by atoms with van der Waals surface area (Å²) in [4.78, 5) is 39.3. The van der Waals surface area contributed by atoms with E-state index in [2.05, 4.69) is 36.2 Å². The first-order valence-electron chi connectivity index (χ1n) is 10.4. The molecule has 0 heterocycles. The molecule has 0 saturated heterocycles. The van der Waals surface area contributed by atoms with E-state index < -0.39 is 29.7 Å². The van der Waals surface area contributed by atoms with Gasteiger partial charge >= 0.3 is 6.09 Å². The molecule has 1 aromatic rings. The molecule has 0 bridgehead atoms. The van der Waals surface area contributed by atoms with Crippen LogP contribution in [0.1, 0.15) is 58.6 Å². The van der Waals surface area contributed by atoms with Gasteiger partial charge in [0.05, 0.1) is 0 Å². The number of amides is 3. The van der Waals surface area contributed by atoms with Crippen molar-refractivity contribution in [3.8, 4) is 12.5 Å². The van der Waals surface area contributed by atoms with E-state index in [-0.39, 0.29) is 11.7 Å². The Balaban J connectivity index is 3.10. The number of hydrogen-bond acceptors (Lipinski definition) is 5. The van der Waals surface area contributed by atoms with Gasteiger partial charge in [0.1, 0.15) is 17.7 Å². The summed E-state index contributed by atoms with van der Waals surface area (Å²) < 4.78 is 5.22. The molecule has 2 N–H and O–H groups in total. The van der Waals surface area contributed by atoms with Crippen molar-refractivity contribution in [1.29, 1.82) is 0 Å². The molecule has 2 atom stereocenters. The Morgan fingerprint density at radius 3 is 2.35 bits per heavy atom. The van der Waals surface area contributed by atoms with Crippen LogP contribution in [0.5, 0.6) is 0 Å². The van der Waals surface area contributed by atoms with Crippen LogP contribution in [0.15, 0.2) is 30.3 Å². The number of benzene rings is 1. The van der Waals surface area contributed by atoms with Gasteiger partial charge in [-0.25, -0.2) is 4.79 Å². The number of thiol groups is 1. The van der Waals surface area contributed by atoms with E-state index >= 15 is 0 Å². The van der Waals surface area contributed by atoms with Gasteiger partial charge in [0.25, 0.3) is 5.91 Å². The molecule has 1 aromatic carbocycles. The Kier molecular flexibility index (Phi) is 11.0. The van der Waals surface area contributed by atoms with Crippen LogP contribution >= 0.6 is 12.6 Å². The van der Waals surface area contributed by atoms with Crippen molar-refractivity contribution in [3.63, 3.8) is 0 Å². The van der Waals surface area contributed by atoms with Crippen LogP contribution in [-0.4, -0.2) is 46.7 Å². The Labute approximate surface area is 190 Å². The number of nitrogens with one attached hydrogen (secondary N) is 2. The molecule has 0 spiro atoms. The van der Waals surface area contributed by atoms with E-state index in [0.717, 1.165) is 24.2 Å². The Morgan fingerprint density at radius 2 is 1.84 bits per heavy atom. The molecule has 7 nitrogen and oxygen atoms in total. The van der Waals surface area contributed by atoms with Crippen LogP contribution in [0.2, 0.25) is 0 Å². The molecule has 0 aliphatic heterocycles. The average molecular weight is 448 g/mol. The van der Waals surface area contributed by atoms with Gasteiger partial charge < -0.3 is 15.4 Å². The zero-order chi connectivity index (χ0) is 23.4. The topological polar surface area (TPSA) is 87.7 Å². The Hall–Kier alpha value is -2.66. The van der Waals surface area contributed by atoms with Gasteiger partial charge in [-0.3, -0.25) is 14.5 Å². The largest absolute Gasteiger partial charge is 0.444 e. The maximum absolute atomic E-state index is 13.2. The highest BCUT2D eigenvalue weighted by Gasteiger charge is 2.35. The second kappa shape index (κ2) is 12.9. The first-order chi connectivity index (χ1) is 14.6. The molecular formula is C23H33N3O4S. The molecule has 0 saturated carbocycles. The van der Waals surface area contributed by atoms with E-state index in [4.69, 9.17) is 11.2 Å². The van der Waals surface area contributed by atoms with Crippen LogP contribution in [0.25, 0.3) is 0 Å². The summed E-state index contributed by atoms with van der Waals surface area (Å²) in [5, 5.41) is 5.34. The third kappa shape index (κ3) is 8.93. The van der Waals surface area contributed by atoms with Crippen molar-refractivity contribution in [3.05, 3.63) is 35.9 Å². The second-order valence-electron chi connectivity index (χ2n) is 8.03. The number of carbonyl (C=O) groups excluding carboxylic acids is 3. The van der Waals surface area contributed by atoms with Crippen molar-refractivity contribution in [2.75, 3.05) is 12.3 Å². The highest BCUT2D eigenvalue weighted by atomic mass is 32.1. The first kappa shape index (κ1) is 26.4. The molecule has 0 aliphatic rings. The maximum atomic E-state index is 13.2. The van der Waals surface area contributed by atoms with Crippen molar-refractivity contribution in [2.45, 2.75) is 64.6 Å². The minimum absolute atomic E-state index is 0.0180. The number of carbonyl (C=O) groups is 3. The van der Waals surface area contributed by atoms with Gasteiger partial charge in [-0.2, -0.15) is 12.6 Å². The van der Waals surface area contributed by atoms with Crippen LogP contribution in [-0.2, 0) is 14.3 Å². The lowest BCUT2D eigenvalue weighted by atomic mass is 10.0. The number of ether oxygens (including phenoxy) is 1. The van der Waals surface area contributed by atoms with Crippen LogP contribution in [0.3, 0.4) is 0 Å². The van der Waals surface area contributed by atoms with Crippen molar-refractivity contribution in [2.24, 2.45) is 0 Å².